The lowest BCUT2D eigenvalue weighted by atomic mass is 9.82. The maximum absolute atomic E-state index is 11.6. The average molecular weight is 183 g/mol. The molecule has 1 rings (SSSR count). The molecule has 1 aliphatic rings. The molecule has 0 aromatic carbocycles. The number of hydrogen-bond acceptors (Lipinski definition) is 1. The standard InChI is InChI=1S/C11H21NO/c1-8(2)12-11(13)10-6-4-9(3)5-7-10/h8-10H,4-7H2,1-3H3,(H,12,13)/t9-,10-. The van der Waals surface area contributed by atoms with E-state index in [2.05, 4.69) is 12.2 Å². The van der Waals surface area contributed by atoms with E-state index in [9.17, 15) is 4.79 Å². The van der Waals surface area contributed by atoms with Crippen LogP contribution in [0, 0.1) is 11.8 Å². The molecule has 0 unspecified atom stereocenters. The summed E-state index contributed by atoms with van der Waals surface area (Å²) in [7, 11) is 0. The first-order valence-electron chi connectivity index (χ1n) is 5.40. The molecule has 2 nitrogen and oxygen atoms in total. The van der Waals surface area contributed by atoms with Crippen LogP contribution in [-0.2, 0) is 4.79 Å². The molecule has 0 aromatic heterocycles. The van der Waals surface area contributed by atoms with Crippen molar-refractivity contribution in [2.45, 2.75) is 52.5 Å². The van der Waals surface area contributed by atoms with Gasteiger partial charge < -0.3 is 5.32 Å². The van der Waals surface area contributed by atoms with Crippen molar-refractivity contribution in [2.24, 2.45) is 11.8 Å². The minimum atomic E-state index is 0.266. The van der Waals surface area contributed by atoms with E-state index in [1.54, 1.807) is 0 Å². The maximum Gasteiger partial charge on any atom is 0.223 e. The molecule has 1 N–H and O–H groups in total. The molecular formula is C11H21NO. The van der Waals surface area contributed by atoms with Gasteiger partial charge in [-0.3, -0.25) is 4.79 Å². The second kappa shape index (κ2) is 4.64. The van der Waals surface area contributed by atoms with E-state index in [4.69, 9.17) is 0 Å². The van der Waals surface area contributed by atoms with Crippen molar-refractivity contribution in [2.75, 3.05) is 0 Å². The molecule has 1 amide bonds. The molecule has 1 saturated carbocycles. The fourth-order valence-corrected chi connectivity index (χ4v) is 1.92. The van der Waals surface area contributed by atoms with Gasteiger partial charge in [-0.05, 0) is 45.4 Å². The Bertz CT molecular complexity index is 169. The van der Waals surface area contributed by atoms with Gasteiger partial charge in [0.25, 0.3) is 0 Å². The number of nitrogens with one attached hydrogen (secondary N) is 1. The zero-order valence-corrected chi connectivity index (χ0v) is 8.97. The van der Waals surface area contributed by atoms with Gasteiger partial charge in [0.1, 0.15) is 0 Å². The molecule has 0 heterocycles. The highest BCUT2D eigenvalue weighted by atomic mass is 16.1. The topological polar surface area (TPSA) is 29.1 Å². The molecule has 1 fully saturated rings. The van der Waals surface area contributed by atoms with Crippen LogP contribution < -0.4 is 5.32 Å². The number of carbonyl (C=O) groups excluding carboxylic acids is 1. The Hall–Kier alpha value is -0.530. The van der Waals surface area contributed by atoms with Crippen molar-refractivity contribution >= 4 is 5.91 Å². The predicted octanol–water partition coefficient (Wildman–Crippen LogP) is 2.34. The highest BCUT2D eigenvalue weighted by molar-refractivity contribution is 5.78. The molecule has 0 atom stereocenters. The van der Waals surface area contributed by atoms with Gasteiger partial charge in [0.15, 0.2) is 0 Å². The summed E-state index contributed by atoms with van der Waals surface area (Å²) in [6.45, 7) is 6.31. The first-order valence-corrected chi connectivity index (χ1v) is 5.40. The minimum Gasteiger partial charge on any atom is -0.354 e. The fraction of sp³-hybridized carbons (Fsp3) is 0.909. The number of rotatable bonds is 2. The average Bonchev–Trinajstić information content (AvgIpc) is 2.04. The summed E-state index contributed by atoms with van der Waals surface area (Å²) >= 11 is 0. The van der Waals surface area contributed by atoms with Crippen LogP contribution in [0.4, 0.5) is 0 Å². The van der Waals surface area contributed by atoms with E-state index in [1.807, 2.05) is 13.8 Å². The van der Waals surface area contributed by atoms with E-state index in [1.165, 1.54) is 12.8 Å². The van der Waals surface area contributed by atoms with E-state index < -0.39 is 0 Å². The van der Waals surface area contributed by atoms with Gasteiger partial charge >= 0.3 is 0 Å². The van der Waals surface area contributed by atoms with Gasteiger partial charge in [-0.15, -0.1) is 0 Å². The van der Waals surface area contributed by atoms with E-state index in [0.717, 1.165) is 18.8 Å². The van der Waals surface area contributed by atoms with Gasteiger partial charge in [-0.2, -0.15) is 0 Å². The van der Waals surface area contributed by atoms with E-state index >= 15 is 0 Å². The Kier molecular flexibility index (Phi) is 3.76. The van der Waals surface area contributed by atoms with Gasteiger partial charge in [-0.1, -0.05) is 6.92 Å². The Morgan fingerprint density at radius 1 is 1.23 bits per heavy atom. The third kappa shape index (κ3) is 3.37. The van der Waals surface area contributed by atoms with Crippen LogP contribution in [0.25, 0.3) is 0 Å². The third-order valence-electron chi connectivity index (χ3n) is 2.82. The molecule has 0 aromatic rings. The normalized spacial score (nSPS) is 28.9. The minimum absolute atomic E-state index is 0.266. The van der Waals surface area contributed by atoms with Crippen LogP contribution in [0.15, 0.2) is 0 Å². The third-order valence-corrected chi connectivity index (χ3v) is 2.82. The number of hydrogen-bond donors (Lipinski definition) is 1. The van der Waals surface area contributed by atoms with Crippen molar-refractivity contribution in [1.82, 2.24) is 5.32 Å². The zero-order valence-electron chi connectivity index (χ0n) is 8.97. The SMILES string of the molecule is CC(C)NC(=O)[C@H]1CC[C@H](C)CC1. The van der Waals surface area contributed by atoms with Crippen LogP contribution in [0.5, 0.6) is 0 Å². The summed E-state index contributed by atoms with van der Waals surface area (Å²) in [5, 5.41) is 2.99. The second-order valence-corrected chi connectivity index (χ2v) is 4.62. The quantitative estimate of drug-likeness (QED) is 0.699. The first kappa shape index (κ1) is 10.6. The smallest absolute Gasteiger partial charge is 0.223 e. The molecule has 0 saturated heterocycles. The summed E-state index contributed by atoms with van der Waals surface area (Å²) < 4.78 is 0. The molecule has 0 aliphatic heterocycles. The summed E-state index contributed by atoms with van der Waals surface area (Å²) in [5.74, 6) is 1.38. The van der Waals surface area contributed by atoms with Crippen LogP contribution in [0.2, 0.25) is 0 Å². The van der Waals surface area contributed by atoms with Crippen molar-refractivity contribution < 1.29 is 4.79 Å². The molecule has 0 radical (unpaired) electrons. The van der Waals surface area contributed by atoms with Crippen LogP contribution >= 0.6 is 0 Å². The number of amides is 1. The molecule has 13 heavy (non-hydrogen) atoms. The number of carbonyl (C=O) groups is 1. The monoisotopic (exact) mass is 183 g/mol. The fourth-order valence-electron chi connectivity index (χ4n) is 1.92. The summed E-state index contributed by atoms with van der Waals surface area (Å²) in [5.41, 5.74) is 0. The van der Waals surface area contributed by atoms with Crippen LogP contribution in [-0.4, -0.2) is 11.9 Å². The Labute approximate surface area is 81.1 Å². The molecule has 0 bridgehead atoms. The molecule has 2 heteroatoms. The van der Waals surface area contributed by atoms with Crippen molar-refractivity contribution in [3.05, 3.63) is 0 Å². The Morgan fingerprint density at radius 3 is 2.23 bits per heavy atom. The second-order valence-electron chi connectivity index (χ2n) is 4.62. The van der Waals surface area contributed by atoms with E-state index in [0.29, 0.717) is 5.92 Å². The Morgan fingerprint density at radius 2 is 1.77 bits per heavy atom. The molecule has 76 valence electrons. The first-order chi connectivity index (χ1) is 6.09. The van der Waals surface area contributed by atoms with Gasteiger partial charge in [-0.25, -0.2) is 0 Å². The van der Waals surface area contributed by atoms with Crippen LogP contribution in [0.3, 0.4) is 0 Å². The summed E-state index contributed by atoms with van der Waals surface area (Å²) in [6, 6.07) is 0.284. The largest absolute Gasteiger partial charge is 0.354 e. The molecule has 1 aliphatic carbocycles. The van der Waals surface area contributed by atoms with Gasteiger partial charge in [0, 0.05) is 12.0 Å². The Balaban J connectivity index is 2.31. The highest BCUT2D eigenvalue weighted by Crippen LogP contribution is 2.28. The van der Waals surface area contributed by atoms with Crippen molar-refractivity contribution in [3.8, 4) is 0 Å². The highest BCUT2D eigenvalue weighted by Gasteiger charge is 2.24. The van der Waals surface area contributed by atoms with Crippen molar-refractivity contribution in [3.63, 3.8) is 0 Å². The summed E-state index contributed by atoms with van der Waals surface area (Å²) in [4.78, 5) is 11.6. The van der Waals surface area contributed by atoms with Gasteiger partial charge in [0.05, 0.1) is 0 Å². The van der Waals surface area contributed by atoms with E-state index in [-0.39, 0.29) is 11.9 Å². The predicted molar refractivity (Wildman–Crippen MR) is 54.4 cm³/mol. The maximum atomic E-state index is 11.6. The molecule has 0 spiro atoms. The lowest BCUT2D eigenvalue weighted by molar-refractivity contribution is -0.126. The zero-order chi connectivity index (χ0) is 9.84. The van der Waals surface area contributed by atoms with Gasteiger partial charge in [0.2, 0.25) is 5.91 Å². The summed E-state index contributed by atoms with van der Waals surface area (Å²) in [6.07, 6.45) is 4.60. The molecular weight excluding hydrogens is 162 g/mol. The van der Waals surface area contributed by atoms with Crippen LogP contribution in [0.1, 0.15) is 46.5 Å². The van der Waals surface area contributed by atoms with Crippen molar-refractivity contribution in [1.29, 1.82) is 0 Å². The lowest BCUT2D eigenvalue weighted by Crippen LogP contribution is -2.37. The lowest BCUT2D eigenvalue weighted by Gasteiger charge is -2.25.